The van der Waals surface area contributed by atoms with Crippen LogP contribution in [0, 0.1) is 5.92 Å². The van der Waals surface area contributed by atoms with Gasteiger partial charge in [-0.25, -0.2) is 0 Å². The molecule has 1 aliphatic carbocycles. The lowest BCUT2D eigenvalue weighted by molar-refractivity contribution is -0.116. The maximum Gasteiger partial charge on any atom is 0.243 e. The molecular weight excluding hydrogens is 126 g/mol. The number of carbonyl (C=O) groups is 1. The van der Waals surface area contributed by atoms with E-state index in [0.29, 0.717) is 12.0 Å². The van der Waals surface area contributed by atoms with E-state index in [4.69, 9.17) is 0 Å². The van der Waals surface area contributed by atoms with E-state index in [1.54, 1.807) is 12.2 Å². The first-order chi connectivity index (χ1) is 4.74. The number of hydrogen-bond acceptors (Lipinski definition) is 1. The Hall–Kier alpha value is -0.790. The molecule has 0 aromatic heterocycles. The second-order valence-electron chi connectivity index (χ2n) is 2.83. The molecule has 1 rings (SSSR count). The predicted molar refractivity (Wildman–Crippen MR) is 40.5 cm³/mol. The predicted octanol–water partition coefficient (Wildman–Crippen LogP) is 1.09. The summed E-state index contributed by atoms with van der Waals surface area (Å²) in [6.07, 6.45) is 4.46. The Balaban J connectivity index is 2.19. The third-order valence-corrected chi connectivity index (χ3v) is 1.76. The SMILES string of the molecule is CC=CC(=O)NC1CC1C. The first-order valence-electron chi connectivity index (χ1n) is 3.67. The number of allylic oxidation sites excluding steroid dienone is 1. The van der Waals surface area contributed by atoms with Gasteiger partial charge < -0.3 is 5.32 Å². The number of hydrogen-bond donors (Lipinski definition) is 1. The van der Waals surface area contributed by atoms with Gasteiger partial charge in [-0.05, 0) is 25.3 Å². The van der Waals surface area contributed by atoms with Crippen LogP contribution < -0.4 is 5.32 Å². The molecule has 1 aliphatic rings. The molecule has 1 saturated carbocycles. The average molecular weight is 139 g/mol. The zero-order valence-corrected chi connectivity index (χ0v) is 6.42. The monoisotopic (exact) mass is 139 g/mol. The molecule has 1 amide bonds. The highest BCUT2D eigenvalue weighted by Crippen LogP contribution is 2.28. The molecule has 0 aromatic rings. The van der Waals surface area contributed by atoms with Crippen molar-refractivity contribution in [2.45, 2.75) is 26.3 Å². The zero-order chi connectivity index (χ0) is 7.56. The van der Waals surface area contributed by atoms with Crippen LogP contribution >= 0.6 is 0 Å². The van der Waals surface area contributed by atoms with Crippen LogP contribution in [-0.2, 0) is 4.79 Å². The molecule has 0 bridgehead atoms. The van der Waals surface area contributed by atoms with Gasteiger partial charge >= 0.3 is 0 Å². The summed E-state index contributed by atoms with van der Waals surface area (Å²) < 4.78 is 0. The molecule has 1 fully saturated rings. The van der Waals surface area contributed by atoms with Crippen LogP contribution in [0.1, 0.15) is 20.3 Å². The molecule has 0 aliphatic heterocycles. The van der Waals surface area contributed by atoms with Gasteiger partial charge in [0.15, 0.2) is 0 Å². The Kier molecular flexibility index (Phi) is 2.10. The molecule has 1 N–H and O–H groups in total. The summed E-state index contributed by atoms with van der Waals surface area (Å²) >= 11 is 0. The fraction of sp³-hybridized carbons (Fsp3) is 0.625. The summed E-state index contributed by atoms with van der Waals surface area (Å²) in [4.78, 5) is 10.8. The lowest BCUT2D eigenvalue weighted by atomic mass is 10.4. The minimum absolute atomic E-state index is 0.0388. The third-order valence-electron chi connectivity index (χ3n) is 1.76. The normalized spacial score (nSPS) is 30.6. The van der Waals surface area contributed by atoms with E-state index in [9.17, 15) is 4.79 Å². The van der Waals surface area contributed by atoms with Crippen LogP contribution in [0.3, 0.4) is 0 Å². The maximum atomic E-state index is 10.8. The van der Waals surface area contributed by atoms with Crippen molar-refractivity contribution in [3.8, 4) is 0 Å². The van der Waals surface area contributed by atoms with Crippen molar-refractivity contribution in [3.63, 3.8) is 0 Å². The fourth-order valence-corrected chi connectivity index (χ4v) is 0.905. The molecular formula is C8H13NO. The summed E-state index contributed by atoms with van der Waals surface area (Å²) in [6, 6.07) is 0.448. The largest absolute Gasteiger partial charge is 0.350 e. The number of rotatable bonds is 2. The van der Waals surface area contributed by atoms with Gasteiger partial charge in [-0.3, -0.25) is 4.79 Å². The van der Waals surface area contributed by atoms with E-state index in [1.165, 1.54) is 0 Å². The van der Waals surface area contributed by atoms with Crippen LogP contribution in [0.15, 0.2) is 12.2 Å². The molecule has 0 radical (unpaired) electrons. The Labute approximate surface area is 61.3 Å². The molecule has 0 spiro atoms. The second-order valence-corrected chi connectivity index (χ2v) is 2.83. The van der Waals surface area contributed by atoms with Gasteiger partial charge in [0.25, 0.3) is 0 Å². The quantitative estimate of drug-likeness (QED) is 0.570. The van der Waals surface area contributed by atoms with Crippen LogP contribution in [0.4, 0.5) is 0 Å². The van der Waals surface area contributed by atoms with E-state index in [0.717, 1.165) is 6.42 Å². The fourth-order valence-electron chi connectivity index (χ4n) is 0.905. The lowest BCUT2D eigenvalue weighted by Crippen LogP contribution is -2.24. The Bertz CT molecular complexity index is 163. The molecule has 0 aromatic carbocycles. The van der Waals surface area contributed by atoms with Crippen molar-refractivity contribution in [2.75, 3.05) is 0 Å². The standard InChI is InChI=1S/C8H13NO/c1-3-4-8(10)9-7-5-6(7)2/h3-4,6-7H,5H2,1-2H3,(H,9,10). The summed E-state index contributed by atoms with van der Waals surface area (Å²) in [5.41, 5.74) is 0. The van der Waals surface area contributed by atoms with Crippen LogP contribution in [0.5, 0.6) is 0 Å². The number of amides is 1. The maximum absolute atomic E-state index is 10.8. The van der Waals surface area contributed by atoms with Gasteiger partial charge in [-0.2, -0.15) is 0 Å². The summed E-state index contributed by atoms with van der Waals surface area (Å²) in [5.74, 6) is 0.728. The average Bonchev–Trinajstić information content (AvgIpc) is 2.47. The van der Waals surface area contributed by atoms with Gasteiger partial charge in [0, 0.05) is 6.04 Å². The highest BCUT2D eigenvalue weighted by atomic mass is 16.1. The second kappa shape index (κ2) is 2.86. The molecule has 2 heteroatoms. The van der Waals surface area contributed by atoms with Crippen LogP contribution in [0.25, 0.3) is 0 Å². The van der Waals surface area contributed by atoms with Crippen molar-refractivity contribution in [1.29, 1.82) is 0 Å². The summed E-state index contributed by atoms with van der Waals surface area (Å²) in [6.45, 7) is 3.98. The van der Waals surface area contributed by atoms with Crippen molar-refractivity contribution in [1.82, 2.24) is 5.32 Å². The van der Waals surface area contributed by atoms with E-state index < -0.39 is 0 Å². The molecule has 2 nitrogen and oxygen atoms in total. The van der Waals surface area contributed by atoms with E-state index in [2.05, 4.69) is 12.2 Å². The molecule has 2 atom stereocenters. The van der Waals surface area contributed by atoms with Gasteiger partial charge in [0.05, 0.1) is 0 Å². The van der Waals surface area contributed by atoms with E-state index in [1.807, 2.05) is 6.92 Å². The van der Waals surface area contributed by atoms with Crippen molar-refractivity contribution in [3.05, 3.63) is 12.2 Å². The minimum Gasteiger partial charge on any atom is -0.350 e. The molecule has 0 heterocycles. The van der Waals surface area contributed by atoms with Gasteiger partial charge in [-0.1, -0.05) is 13.0 Å². The zero-order valence-electron chi connectivity index (χ0n) is 6.42. The van der Waals surface area contributed by atoms with Crippen molar-refractivity contribution >= 4 is 5.91 Å². The molecule has 10 heavy (non-hydrogen) atoms. The van der Waals surface area contributed by atoms with E-state index >= 15 is 0 Å². The minimum atomic E-state index is 0.0388. The van der Waals surface area contributed by atoms with Crippen LogP contribution in [-0.4, -0.2) is 11.9 Å². The topological polar surface area (TPSA) is 29.1 Å². The summed E-state index contributed by atoms with van der Waals surface area (Å²) in [7, 11) is 0. The first-order valence-corrected chi connectivity index (χ1v) is 3.67. The molecule has 2 unspecified atom stereocenters. The number of carbonyl (C=O) groups excluding carboxylic acids is 1. The Morgan fingerprint density at radius 3 is 2.70 bits per heavy atom. The van der Waals surface area contributed by atoms with E-state index in [-0.39, 0.29) is 5.91 Å². The Morgan fingerprint density at radius 2 is 2.30 bits per heavy atom. The smallest absolute Gasteiger partial charge is 0.243 e. The summed E-state index contributed by atoms with van der Waals surface area (Å²) in [5, 5.41) is 2.88. The van der Waals surface area contributed by atoms with Gasteiger partial charge in [0.1, 0.15) is 0 Å². The first kappa shape index (κ1) is 7.32. The highest BCUT2D eigenvalue weighted by molar-refractivity contribution is 5.87. The van der Waals surface area contributed by atoms with Crippen molar-refractivity contribution < 1.29 is 4.79 Å². The lowest BCUT2D eigenvalue weighted by Gasteiger charge is -1.96. The van der Waals surface area contributed by atoms with Gasteiger partial charge in [-0.15, -0.1) is 0 Å². The van der Waals surface area contributed by atoms with Gasteiger partial charge in [0.2, 0.25) is 5.91 Å². The molecule has 56 valence electrons. The molecule has 0 saturated heterocycles. The van der Waals surface area contributed by atoms with Crippen LogP contribution in [0.2, 0.25) is 0 Å². The highest BCUT2D eigenvalue weighted by Gasteiger charge is 2.33. The third kappa shape index (κ3) is 1.87. The van der Waals surface area contributed by atoms with Crippen molar-refractivity contribution in [2.24, 2.45) is 5.92 Å². The number of nitrogens with one attached hydrogen (secondary N) is 1. The Morgan fingerprint density at radius 1 is 1.70 bits per heavy atom.